The number of rotatable bonds is 8. The number of ether oxygens (including phenoxy) is 2. The third-order valence-electron chi connectivity index (χ3n) is 5.34. The Morgan fingerprint density at radius 1 is 0.943 bits per heavy atom. The van der Waals surface area contributed by atoms with Crippen LogP contribution in [0.2, 0.25) is 0 Å². The Labute approximate surface area is 211 Å². The number of hydrogen-bond donors (Lipinski definition) is 2. The highest BCUT2D eigenvalue weighted by atomic mass is 32.2. The first kappa shape index (κ1) is 24.6. The monoisotopic (exact) mass is 507 g/mol. The van der Waals surface area contributed by atoms with E-state index < -0.39 is 0 Å². The topological polar surface area (TPSA) is 89.5 Å². The lowest BCUT2D eigenvalue weighted by Gasteiger charge is -2.10. The number of aromatic nitrogens is 1. The minimum absolute atomic E-state index is 0.0745. The zero-order valence-electron chi connectivity index (χ0n) is 19.8. The van der Waals surface area contributed by atoms with Crippen LogP contribution < -0.4 is 20.1 Å². The zero-order valence-corrected chi connectivity index (χ0v) is 21.4. The molecule has 35 heavy (non-hydrogen) atoms. The van der Waals surface area contributed by atoms with Crippen molar-refractivity contribution in [2.24, 2.45) is 0 Å². The van der Waals surface area contributed by atoms with Crippen LogP contribution in [0.4, 0.5) is 11.4 Å². The van der Waals surface area contributed by atoms with E-state index in [4.69, 9.17) is 9.47 Å². The fraction of sp³-hybridized carbons (Fsp3) is 0.192. The van der Waals surface area contributed by atoms with Gasteiger partial charge in [-0.2, -0.15) is 0 Å². The van der Waals surface area contributed by atoms with Crippen LogP contribution in [-0.2, 0) is 4.79 Å². The van der Waals surface area contributed by atoms with Gasteiger partial charge in [0.1, 0.15) is 0 Å². The summed E-state index contributed by atoms with van der Waals surface area (Å²) < 4.78 is 12.2. The molecule has 0 aliphatic carbocycles. The number of carbonyl (C=O) groups excluding carboxylic acids is 2. The van der Waals surface area contributed by atoms with Crippen LogP contribution in [0.3, 0.4) is 0 Å². The van der Waals surface area contributed by atoms with Gasteiger partial charge in [0.15, 0.2) is 15.8 Å². The summed E-state index contributed by atoms with van der Waals surface area (Å²) in [5, 5.41) is 5.91. The molecule has 4 rings (SSSR count). The lowest BCUT2D eigenvalue weighted by Crippen LogP contribution is -2.15. The zero-order chi connectivity index (χ0) is 24.9. The molecular weight excluding hydrogens is 482 g/mol. The van der Waals surface area contributed by atoms with Crippen LogP contribution >= 0.6 is 23.1 Å². The van der Waals surface area contributed by atoms with Gasteiger partial charge in [-0.3, -0.25) is 9.59 Å². The summed E-state index contributed by atoms with van der Waals surface area (Å²) in [6.45, 7) is 3.95. The molecule has 0 aliphatic rings. The normalized spacial score (nSPS) is 10.7. The number of fused-ring (bicyclic) bond motifs is 1. The maximum absolute atomic E-state index is 12.7. The molecule has 7 nitrogen and oxygen atoms in total. The van der Waals surface area contributed by atoms with Gasteiger partial charge in [-0.1, -0.05) is 30.0 Å². The molecule has 0 bridgehead atoms. The molecule has 0 atom stereocenters. The standard InChI is InChI=1S/C26H25N3O4S2/c1-15-6-5-7-16(2)24(15)29-23(30)14-34-26-28-19-10-9-18(13-22(19)35-26)27-25(31)17-8-11-20(32-3)21(12-17)33-4/h5-13H,14H2,1-4H3,(H,27,31)(H,29,30). The Hall–Kier alpha value is -3.56. The molecule has 2 amide bonds. The second-order valence-corrected chi connectivity index (χ2v) is 10.0. The van der Waals surface area contributed by atoms with Gasteiger partial charge >= 0.3 is 0 Å². The number of amides is 2. The van der Waals surface area contributed by atoms with Gasteiger partial charge < -0.3 is 20.1 Å². The lowest BCUT2D eigenvalue weighted by atomic mass is 10.1. The Bertz CT molecular complexity index is 1380. The number of thiazole rings is 1. The molecule has 3 aromatic carbocycles. The predicted molar refractivity (Wildman–Crippen MR) is 142 cm³/mol. The maximum atomic E-state index is 12.7. The Balaban J connectivity index is 1.41. The summed E-state index contributed by atoms with van der Waals surface area (Å²) in [6.07, 6.45) is 0. The van der Waals surface area contributed by atoms with Crippen molar-refractivity contribution in [3.8, 4) is 11.5 Å². The molecule has 2 N–H and O–H groups in total. The number of nitrogens with one attached hydrogen (secondary N) is 2. The second-order valence-electron chi connectivity index (χ2n) is 7.79. The smallest absolute Gasteiger partial charge is 0.255 e. The molecule has 0 fully saturated rings. The molecule has 0 unspecified atom stereocenters. The molecule has 0 saturated carbocycles. The molecule has 0 spiro atoms. The molecule has 180 valence electrons. The SMILES string of the molecule is COc1ccc(C(=O)Nc2ccc3nc(SCC(=O)Nc4c(C)cccc4C)sc3c2)cc1OC. The van der Waals surface area contributed by atoms with Crippen molar-refractivity contribution in [3.63, 3.8) is 0 Å². The number of aryl methyl sites for hydroxylation is 2. The van der Waals surface area contributed by atoms with Crippen molar-refractivity contribution in [1.29, 1.82) is 0 Å². The quantitative estimate of drug-likeness (QED) is 0.288. The number of anilines is 2. The molecule has 1 heterocycles. The number of carbonyl (C=O) groups is 2. The summed E-state index contributed by atoms with van der Waals surface area (Å²) >= 11 is 2.88. The molecule has 0 radical (unpaired) electrons. The van der Waals surface area contributed by atoms with Gasteiger partial charge in [0, 0.05) is 16.9 Å². The van der Waals surface area contributed by atoms with Crippen molar-refractivity contribution in [2.45, 2.75) is 18.2 Å². The second kappa shape index (κ2) is 10.8. The van der Waals surface area contributed by atoms with E-state index in [9.17, 15) is 9.59 Å². The van der Waals surface area contributed by atoms with E-state index in [1.807, 2.05) is 50.2 Å². The van der Waals surface area contributed by atoms with E-state index in [2.05, 4.69) is 15.6 Å². The van der Waals surface area contributed by atoms with Crippen LogP contribution in [0, 0.1) is 13.8 Å². The first-order valence-electron chi connectivity index (χ1n) is 10.8. The molecule has 0 saturated heterocycles. The van der Waals surface area contributed by atoms with E-state index in [1.165, 1.54) is 30.2 Å². The van der Waals surface area contributed by atoms with Gasteiger partial charge in [-0.05, 0) is 61.4 Å². The summed E-state index contributed by atoms with van der Waals surface area (Å²) in [5.74, 6) is 0.975. The third-order valence-corrected chi connectivity index (χ3v) is 7.51. The van der Waals surface area contributed by atoms with E-state index in [1.54, 1.807) is 25.3 Å². The van der Waals surface area contributed by atoms with Crippen molar-refractivity contribution in [2.75, 3.05) is 30.6 Å². The Kier molecular flexibility index (Phi) is 7.57. The van der Waals surface area contributed by atoms with Crippen LogP contribution in [-0.4, -0.2) is 36.8 Å². The first-order valence-corrected chi connectivity index (χ1v) is 12.6. The van der Waals surface area contributed by atoms with Crippen molar-refractivity contribution in [3.05, 3.63) is 71.3 Å². The minimum atomic E-state index is -0.257. The molecule has 4 aromatic rings. The van der Waals surface area contributed by atoms with Gasteiger partial charge in [0.05, 0.1) is 30.2 Å². The first-order chi connectivity index (χ1) is 16.9. The highest BCUT2D eigenvalue weighted by Gasteiger charge is 2.13. The van der Waals surface area contributed by atoms with E-state index in [-0.39, 0.29) is 17.6 Å². The molecule has 9 heteroatoms. The number of nitrogens with zero attached hydrogens (tertiary/aromatic N) is 1. The summed E-state index contributed by atoms with van der Waals surface area (Å²) in [5.41, 5.74) is 4.86. The van der Waals surface area contributed by atoms with Gasteiger partial charge in [-0.25, -0.2) is 4.98 Å². The average Bonchev–Trinajstić information content (AvgIpc) is 3.27. The van der Waals surface area contributed by atoms with Crippen molar-refractivity contribution >= 4 is 56.5 Å². The van der Waals surface area contributed by atoms with E-state index in [0.29, 0.717) is 22.7 Å². The van der Waals surface area contributed by atoms with Crippen molar-refractivity contribution in [1.82, 2.24) is 4.98 Å². The maximum Gasteiger partial charge on any atom is 0.255 e. The largest absolute Gasteiger partial charge is 0.493 e. The van der Waals surface area contributed by atoms with Crippen LogP contribution in [0.5, 0.6) is 11.5 Å². The van der Waals surface area contributed by atoms with Crippen LogP contribution in [0.25, 0.3) is 10.2 Å². The predicted octanol–water partition coefficient (Wildman–Crippen LogP) is 5.91. The fourth-order valence-electron chi connectivity index (χ4n) is 3.54. The summed E-state index contributed by atoms with van der Waals surface area (Å²) in [6, 6.07) is 16.5. The fourth-order valence-corrected chi connectivity index (χ4v) is 5.45. The van der Waals surface area contributed by atoms with E-state index >= 15 is 0 Å². The molecular formula is C26H25N3O4S2. The summed E-state index contributed by atoms with van der Waals surface area (Å²) in [4.78, 5) is 29.8. The average molecular weight is 508 g/mol. The third kappa shape index (κ3) is 5.75. The number of para-hydroxylation sites is 1. The number of methoxy groups -OCH3 is 2. The van der Waals surface area contributed by atoms with Crippen LogP contribution in [0.15, 0.2) is 58.9 Å². The Morgan fingerprint density at radius 2 is 1.69 bits per heavy atom. The number of hydrogen-bond acceptors (Lipinski definition) is 7. The minimum Gasteiger partial charge on any atom is -0.493 e. The van der Waals surface area contributed by atoms with E-state index in [0.717, 1.165) is 31.4 Å². The summed E-state index contributed by atoms with van der Waals surface area (Å²) in [7, 11) is 3.08. The number of thioether (sulfide) groups is 1. The molecule has 1 aromatic heterocycles. The Morgan fingerprint density at radius 3 is 2.40 bits per heavy atom. The van der Waals surface area contributed by atoms with Gasteiger partial charge in [0.25, 0.3) is 5.91 Å². The highest BCUT2D eigenvalue weighted by Crippen LogP contribution is 2.32. The van der Waals surface area contributed by atoms with Gasteiger partial charge in [0.2, 0.25) is 5.91 Å². The lowest BCUT2D eigenvalue weighted by molar-refractivity contribution is -0.113. The van der Waals surface area contributed by atoms with Gasteiger partial charge in [-0.15, -0.1) is 11.3 Å². The highest BCUT2D eigenvalue weighted by molar-refractivity contribution is 8.01. The number of benzene rings is 3. The molecule has 0 aliphatic heterocycles. The van der Waals surface area contributed by atoms with Crippen molar-refractivity contribution < 1.29 is 19.1 Å². The van der Waals surface area contributed by atoms with Crippen LogP contribution in [0.1, 0.15) is 21.5 Å².